The third-order valence-electron chi connectivity index (χ3n) is 1.12. The molecule has 0 radical (unpaired) electrons. The Labute approximate surface area is 65.5 Å². The van der Waals surface area contributed by atoms with Crippen LogP contribution in [-0.4, -0.2) is 5.21 Å². The van der Waals surface area contributed by atoms with E-state index in [0.29, 0.717) is 6.54 Å². The van der Waals surface area contributed by atoms with Gasteiger partial charge in [-0.25, -0.2) is 0 Å². The monoisotopic (exact) mass is 161 g/mol. The van der Waals surface area contributed by atoms with Gasteiger partial charge in [-0.1, -0.05) is 0 Å². The number of nitrogens with two attached hydrogens (primary N) is 1. The molecule has 0 fully saturated rings. The molecule has 0 amide bonds. The molecule has 0 spiro atoms. The number of nitrogens with zero attached hydrogens (tertiary/aromatic N) is 1. The number of hydrogen-bond donors (Lipinski definition) is 2. The lowest BCUT2D eigenvalue weighted by Crippen LogP contribution is -2.28. The molecule has 1 heterocycles. The van der Waals surface area contributed by atoms with Gasteiger partial charge < -0.3 is 5.73 Å². The molecule has 1 rings (SSSR count). The predicted octanol–water partition coefficient (Wildman–Crippen LogP) is 0.0919. The topological polar surface area (TPSA) is 50.1 Å². The number of hydrogen-bond acceptors (Lipinski definition) is 2. The Hall–Kier alpha value is -0.800. The first-order chi connectivity index (χ1) is 4.33. The van der Waals surface area contributed by atoms with Crippen LogP contribution in [0.4, 0.5) is 0 Å². The summed E-state index contributed by atoms with van der Waals surface area (Å²) in [5.74, 6) is 0. The van der Waals surface area contributed by atoms with Gasteiger partial charge in [-0.2, -0.15) is 0 Å². The molecule has 0 saturated carbocycles. The fourth-order valence-corrected chi connectivity index (χ4v) is 0.586. The maximum atomic E-state index is 8.73. The zero-order valence-corrected chi connectivity index (χ0v) is 6.21. The number of rotatable bonds is 1. The summed E-state index contributed by atoms with van der Waals surface area (Å²) >= 11 is 0. The van der Waals surface area contributed by atoms with Crippen LogP contribution in [-0.2, 0) is 6.54 Å². The van der Waals surface area contributed by atoms with E-state index in [-0.39, 0.29) is 12.4 Å². The molecular weight excluding hydrogens is 152 g/mol. The Bertz CT molecular complexity index is 187. The van der Waals surface area contributed by atoms with Crippen LogP contribution in [0.15, 0.2) is 24.5 Å². The predicted molar refractivity (Wildman–Crippen MR) is 39.0 cm³/mol. The summed E-state index contributed by atoms with van der Waals surface area (Å²) in [6.07, 6.45) is 3.09. The van der Waals surface area contributed by atoms with Crippen LogP contribution in [0.3, 0.4) is 0 Å². The molecule has 10 heavy (non-hydrogen) atoms. The largest absolute Gasteiger partial charge is 0.326 e. The van der Waals surface area contributed by atoms with Gasteiger partial charge in [0.15, 0.2) is 0 Å². The molecule has 0 aliphatic heterocycles. The fraction of sp³-hybridized carbons (Fsp3) is 0.167. The second-order valence-electron chi connectivity index (χ2n) is 1.79. The molecule has 3 nitrogen and oxygen atoms in total. The Morgan fingerprint density at radius 2 is 1.90 bits per heavy atom. The van der Waals surface area contributed by atoms with Crippen LogP contribution < -0.4 is 10.5 Å². The molecule has 0 unspecified atom stereocenters. The zero-order valence-electron chi connectivity index (χ0n) is 5.40. The minimum absolute atomic E-state index is 0. The lowest BCUT2D eigenvalue weighted by Gasteiger charge is -1.88. The van der Waals surface area contributed by atoms with Crippen molar-refractivity contribution in [3.8, 4) is 0 Å². The summed E-state index contributed by atoms with van der Waals surface area (Å²) < 4.78 is 0.985. The highest BCUT2D eigenvalue weighted by atomic mass is 35.5. The van der Waals surface area contributed by atoms with Crippen molar-refractivity contribution in [2.24, 2.45) is 5.73 Å². The third-order valence-corrected chi connectivity index (χ3v) is 1.12. The van der Waals surface area contributed by atoms with Gasteiger partial charge in [0.25, 0.3) is 0 Å². The summed E-state index contributed by atoms with van der Waals surface area (Å²) in [5.41, 5.74) is 6.32. The first-order valence-electron chi connectivity index (χ1n) is 2.72. The van der Waals surface area contributed by atoms with Gasteiger partial charge in [0.2, 0.25) is 12.4 Å². The fourth-order valence-electron chi connectivity index (χ4n) is 0.586. The standard InChI is InChI=1S/C6H9N2O.ClH/c7-5-6-1-3-8(9)4-2-6;/h1-4,9H,5,7H2;1H/q+1;. The molecule has 0 aromatic carbocycles. The number of pyridine rings is 1. The van der Waals surface area contributed by atoms with Crippen LogP contribution in [0, 0.1) is 0 Å². The molecule has 0 aliphatic carbocycles. The van der Waals surface area contributed by atoms with E-state index in [4.69, 9.17) is 10.9 Å². The second-order valence-corrected chi connectivity index (χ2v) is 1.79. The maximum absolute atomic E-state index is 8.73. The van der Waals surface area contributed by atoms with Gasteiger partial charge >= 0.3 is 0 Å². The van der Waals surface area contributed by atoms with Crippen molar-refractivity contribution >= 4 is 12.4 Å². The molecule has 0 saturated heterocycles. The van der Waals surface area contributed by atoms with E-state index < -0.39 is 0 Å². The van der Waals surface area contributed by atoms with E-state index in [1.165, 1.54) is 0 Å². The molecule has 3 N–H and O–H groups in total. The van der Waals surface area contributed by atoms with Crippen molar-refractivity contribution in [1.82, 2.24) is 0 Å². The highest BCUT2D eigenvalue weighted by Gasteiger charge is 1.93. The average Bonchev–Trinajstić information content (AvgIpc) is 1.90. The van der Waals surface area contributed by atoms with Crippen molar-refractivity contribution in [3.05, 3.63) is 30.1 Å². The van der Waals surface area contributed by atoms with Crippen molar-refractivity contribution in [2.75, 3.05) is 0 Å². The number of aromatic nitrogens is 1. The molecule has 56 valence electrons. The molecule has 0 aliphatic rings. The minimum Gasteiger partial charge on any atom is -0.326 e. The Morgan fingerprint density at radius 1 is 1.40 bits per heavy atom. The van der Waals surface area contributed by atoms with E-state index >= 15 is 0 Å². The maximum Gasteiger partial charge on any atom is 0.222 e. The molecule has 0 atom stereocenters. The van der Waals surface area contributed by atoms with Crippen LogP contribution >= 0.6 is 12.4 Å². The van der Waals surface area contributed by atoms with Crippen LogP contribution in [0.1, 0.15) is 5.56 Å². The smallest absolute Gasteiger partial charge is 0.222 e. The summed E-state index contributed by atoms with van der Waals surface area (Å²) in [6, 6.07) is 3.53. The van der Waals surface area contributed by atoms with Crippen molar-refractivity contribution < 1.29 is 9.94 Å². The molecular formula is C6H10ClN2O+. The number of halogens is 1. The molecule has 1 aromatic rings. The van der Waals surface area contributed by atoms with E-state index in [1.54, 1.807) is 24.5 Å². The Morgan fingerprint density at radius 3 is 2.30 bits per heavy atom. The summed E-state index contributed by atoms with van der Waals surface area (Å²) in [4.78, 5) is 0. The zero-order chi connectivity index (χ0) is 6.69. The Kier molecular flexibility index (Phi) is 3.76. The summed E-state index contributed by atoms with van der Waals surface area (Å²) in [6.45, 7) is 0.515. The van der Waals surface area contributed by atoms with Crippen molar-refractivity contribution in [3.63, 3.8) is 0 Å². The van der Waals surface area contributed by atoms with E-state index in [2.05, 4.69) is 0 Å². The third kappa shape index (κ3) is 2.21. The summed E-state index contributed by atoms with van der Waals surface area (Å²) in [7, 11) is 0. The second kappa shape index (κ2) is 4.09. The van der Waals surface area contributed by atoms with Gasteiger partial charge in [0.05, 0.1) is 0 Å². The summed E-state index contributed by atoms with van der Waals surface area (Å²) in [5, 5.41) is 8.73. The van der Waals surface area contributed by atoms with Gasteiger partial charge in [-0.3, -0.25) is 5.21 Å². The van der Waals surface area contributed by atoms with Crippen LogP contribution in [0.2, 0.25) is 0 Å². The van der Waals surface area contributed by atoms with Crippen LogP contribution in [0.25, 0.3) is 0 Å². The molecule has 0 bridgehead atoms. The highest BCUT2D eigenvalue weighted by molar-refractivity contribution is 5.85. The molecule has 1 aromatic heterocycles. The SMILES string of the molecule is Cl.NCc1cc[n+](O)cc1. The lowest BCUT2D eigenvalue weighted by molar-refractivity contribution is -0.904. The van der Waals surface area contributed by atoms with Gasteiger partial charge in [0.1, 0.15) is 0 Å². The van der Waals surface area contributed by atoms with Crippen molar-refractivity contribution in [1.29, 1.82) is 0 Å². The first kappa shape index (κ1) is 9.20. The highest BCUT2D eigenvalue weighted by Crippen LogP contribution is 1.89. The normalized spacial score (nSPS) is 8.50. The molecule has 4 heteroatoms. The van der Waals surface area contributed by atoms with E-state index in [0.717, 1.165) is 10.3 Å². The van der Waals surface area contributed by atoms with E-state index in [1.807, 2.05) is 0 Å². The average molecular weight is 162 g/mol. The Balaban J connectivity index is 0.000000810. The van der Waals surface area contributed by atoms with Gasteiger partial charge in [-0.15, -0.1) is 12.4 Å². The van der Waals surface area contributed by atoms with Gasteiger partial charge in [-0.05, 0) is 5.56 Å². The van der Waals surface area contributed by atoms with Crippen molar-refractivity contribution in [2.45, 2.75) is 6.54 Å². The van der Waals surface area contributed by atoms with Crippen LogP contribution in [0.5, 0.6) is 0 Å². The lowest BCUT2D eigenvalue weighted by atomic mass is 10.3. The van der Waals surface area contributed by atoms with E-state index in [9.17, 15) is 0 Å². The quantitative estimate of drug-likeness (QED) is 0.453. The minimum atomic E-state index is 0. The van der Waals surface area contributed by atoms with Gasteiger partial charge in [0, 0.05) is 23.4 Å². The first-order valence-corrected chi connectivity index (χ1v) is 2.72.